The molecule has 3 rings (SSSR count). The molecular weight excluding hydrogens is 302 g/mol. The van der Waals surface area contributed by atoms with E-state index >= 15 is 0 Å². The second-order valence-corrected chi connectivity index (χ2v) is 7.26. The second-order valence-electron chi connectivity index (χ2n) is 7.26. The minimum absolute atomic E-state index is 0.0296. The lowest BCUT2D eigenvalue weighted by atomic mass is 9.78. The van der Waals surface area contributed by atoms with Crippen LogP contribution in [0.3, 0.4) is 0 Å². The molecule has 1 aliphatic heterocycles. The predicted molar refractivity (Wildman–Crippen MR) is 93.9 cm³/mol. The molecule has 5 nitrogen and oxygen atoms in total. The van der Waals surface area contributed by atoms with Crippen molar-refractivity contribution in [2.24, 2.45) is 0 Å². The van der Waals surface area contributed by atoms with Crippen LogP contribution in [0.25, 0.3) is 0 Å². The molecule has 1 aromatic heterocycles. The monoisotopic (exact) mass is 331 g/mol. The Bertz CT molecular complexity index is 523. The third-order valence-electron chi connectivity index (χ3n) is 5.42. The van der Waals surface area contributed by atoms with Crippen LogP contribution in [0.5, 0.6) is 0 Å². The molecule has 0 aromatic carbocycles. The summed E-state index contributed by atoms with van der Waals surface area (Å²) in [7, 11) is 1.87. The number of nitrogens with zero attached hydrogens (tertiary/aromatic N) is 2. The van der Waals surface area contributed by atoms with Gasteiger partial charge in [-0.3, -0.25) is 4.98 Å². The number of amides is 2. The smallest absolute Gasteiger partial charge is 0.317 e. The van der Waals surface area contributed by atoms with Gasteiger partial charge in [-0.2, -0.15) is 0 Å². The topological polar surface area (TPSA) is 54.5 Å². The Labute approximate surface area is 144 Å². The Morgan fingerprint density at radius 2 is 2.08 bits per heavy atom. The van der Waals surface area contributed by atoms with Crippen LogP contribution in [0.2, 0.25) is 0 Å². The maximum Gasteiger partial charge on any atom is 0.317 e. The number of hydrogen-bond donors (Lipinski definition) is 1. The summed E-state index contributed by atoms with van der Waals surface area (Å²) in [6.07, 6.45) is 12.5. The molecule has 24 heavy (non-hydrogen) atoms. The third-order valence-corrected chi connectivity index (χ3v) is 5.42. The van der Waals surface area contributed by atoms with Gasteiger partial charge in [0, 0.05) is 38.6 Å². The lowest BCUT2D eigenvalue weighted by Crippen LogP contribution is -2.51. The normalized spacial score (nSPS) is 23.0. The van der Waals surface area contributed by atoms with E-state index in [4.69, 9.17) is 4.74 Å². The minimum Gasteiger partial charge on any atom is -0.375 e. The van der Waals surface area contributed by atoms with Crippen LogP contribution in [-0.4, -0.2) is 47.8 Å². The highest BCUT2D eigenvalue weighted by atomic mass is 16.5. The van der Waals surface area contributed by atoms with Crippen molar-refractivity contribution in [3.05, 3.63) is 30.1 Å². The van der Waals surface area contributed by atoms with E-state index in [1.54, 1.807) is 17.3 Å². The molecule has 2 aliphatic rings. The Morgan fingerprint density at radius 1 is 1.33 bits per heavy atom. The molecule has 1 N–H and O–H groups in total. The first kappa shape index (κ1) is 17.2. The summed E-state index contributed by atoms with van der Waals surface area (Å²) in [6.45, 7) is 1.48. The number of hydrogen-bond acceptors (Lipinski definition) is 3. The average Bonchev–Trinajstić information content (AvgIpc) is 2.61. The lowest BCUT2D eigenvalue weighted by Gasteiger charge is -2.43. The van der Waals surface area contributed by atoms with Crippen LogP contribution >= 0.6 is 0 Å². The summed E-state index contributed by atoms with van der Waals surface area (Å²) in [5.41, 5.74) is 1.24. The van der Waals surface area contributed by atoms with Crippen molar-refractivity contribution in [1.82, 2.24) is 15.2 Å². The molecule has 1 unspecified atom stereocenters. The maximum absolute atomic E-state index is 12.5. The third kappa shape index (κ3) is 4.47. The average molecular weight is 331 g/mol. The molecule has 1 saturated carbocycles. The van der Waals surface area contributed by atoms with Crippen molar-refractivity contribution >= 4 is 6.03 Å². The largest absolute Gasteiger partial charge is 0.375 e. The van der Waals surface area contributed by atoms with E-state index < -0.39 is 0 Å². The van der Waals surface area contributed by atoms with E-state index in [0.717, 1.165) is 38.7 Å². The van der Waals surface area contributed by atoms with Crippen molar-refractivity contribution in [3.63, 3.8) is 0 Å². The van der Waals surface area contributed by atoms with E-state index in [-0.39, 0.29) is 17.7 Å². The fourth-order valence-corrected chi connectivity index (χ4v) is 3.93. The van der Waals surface area contributed by atoms with E-state index in [1.165, 1.54) is 24.8 Å². The summed E-state index contributed by atoms with van der Waals surface area (Å²) in [5, 5.41) is 3.22. The molecule has 5 heteroatoms. The van der Waals surface area contributed by atoms with E-state index in [2.05, 4.69) is 10.3 Å². The molecule has 2 fully saturated rings. The van der Waals surface area contributed by atoms with Gasteiger partial charge in [0.1, 0.15) is 0 Å². The Hall–Kier alpha value is -1.62. The summed E-state index contributed by atoms with van der Waals surface area (Å²) >= 11 is 0. The minimum atomic E-state index is 0.0296. The summed E-state index contributed by atoms with van der Waals surface area (Å²) < 4.78 is 6.11. The fraction of sp³-hybridized carbons (Fsp3) is 0.684. The van der Waals surface area contributed by atoms with Gasteiger partial charge in [0.05, 0.1) is 5.60 Å². The highest BCUT2D eigenvalue weighted by molar-refractivity contribution is 5.74. The molecule has 1 aromatic rings. The summed E-state index contributed by atoms with van der Waals surface area (Å²) in [4.78, 5) is 18.3. The standard InChI is InChI=1S/C19H29N3O2/c1-22(13-7-16-5-11-20-12-6-16)18(23)21-17-8-14-24-19(15-17)9-3-2-4-10-19/h5-6,11-12,17H,2-4,7-10,13-15H2,1H3,(H,21,23). The van der Waals surface area contributed by atoms with Crippen LogP contribution in [-0.2, 0) is 11.2 Å². The van der Waals surface area contributed by atoms with Crippen LogP contribution < -0.4 is 5.32 Å². The molecule has 1 aliphatic carbocycles. The number of rotatable bonds is 4. The number of likely N-dealkylation sites (N-methyl/N-ethyl adjacent to an activating group) is 1. The van der Waals surface area contributed by atoms with Crippen molar-refractivity contribution in [2.45, 2.75) is 63.0 Å². The quantitative estimate of drug-likeness (QED) is 0.922. The van der Waals surface area contributed by atoms with Crippen LogP contribution in [0.15, 0.2) is 24.5 Å². The number of nitrogens with one attached hydrogen (secondary N) is 1. The summed E-state index contributed by atoms with van der Waals surface area (Å²) in [5.74, 6) is 0. The zero-order valence-electron chi connectivity index (χ0n) is 14.7. The first-order valence-corrected chi connectivity index (χ1v) is 9.21. The number of carbonyl (C=O) groups excluding carboxylic acids is 1. The first-order valence-electron chi connectivity index (χ1n) is 9.21. The first-order chi connectivity index (χ1) is 11.7. The highest BCUT2D eigenvalue weighted by Gasteiger charge is 2.39. The molecular formula is C19H29N3O2. The van der Waals surface area contributed by atoms with Gasteiger partial charge in [-0.15, -0.1) is 0 Å². The SMILES string of the molecule is CN(CCc1ccncc1)C(=O)NC1CCOC2(CCCCC2)C1. The highest BCUT2D eigenvalue weighted by Crippen LogP contribution is 2.38. The summed E-state index contributed by atoms with van der Waals surface area (Å²) in [6, 6.07) is 4.27. The van der Waals surface area contributed by atoms with Gasteiger partial charge in [-0.05, 0) is 49.8 Å². The zero-order valence-corrected chi connectivity index (χ0v) is 14.7. The van der Waals surface area contributed by atoms with Gasteiger partial charge in [-0.25, -0.2) is 4.79 Å². The number of urea groups is 1. The molecule has 0 radical (unpaired) electrons. The Morgan fingerprint density at radius 3 is 2.83 bits per heavy atom. The van der Waals surface area contributed by atoms with Crippen LogP contribution in [0, 0.1) is 0 Å². The fourth-order valence-electron chi connectivity index (χ4n) is 3.93. The predicted octanol–water partition coefficient (Wildman–Crippen LogP) is 3.15. The van der Waals surface area contributed by atoms with Crippen molar-refractivity contribution in [1.29, 1.82) is 0 Å². The molecule has 132 valence electrons. The second kappa shape index (κ2) is 7.97. The van der Waals surface area contributed by atoms with Gasteiger partial charge in [0.2, 0.25) is 0 Å². The number of pyridine rings is 1. The van der Waals surface area contributed by atoms with Gasteiger partial charge in [0.25, 0.3) is 0 Å². The Balaban J connectivity index is 1.46. The van der Waals surface area contributed by atoms with E-state index in [9.17, 15) is 4.79 Å². The van der Waals surface area contributed by atoms with Crippen molar-refractivity contribution in [3.8, 4) is 0 Å². The van der Waals surface area contributed by atoms with Gasteiger partial charge < -0.3 is 15.0 Å². The molecule has 1 saturated heterocycles. The van der Waals surface area contributed by atoms with Crippen molar-refractivity contribution < 1.29 is 9.53 Å². The lowest BCUT2D eigenvalue weighted by molar-refractivity contribution is -0.108. The molecule has 2 heterocycles. The number of ether oxygens (including phenoxy) is 1. The Kier molecular flexibility index (Phi) is 5.72. The number of carbonyl (C=O) groups is 1. The maximum atomic E-state index is 12.5. The van der Waals surface area contributed by atoms with E-state index in [1.807, 2.05) is 19.2 Å². The van der Waals surface area contributed by atoms with Crippen LogP contribution in [0.1, 0.15) is 50.5 Å². The zero-order chi connectivity index (χ0) is 16.8. The van der Waals surface area contributed by atoms with Crippen LogP contribution in [0.4, 0.5) is 4.79 Å². The molecule has 0 bridgehead atoms. The molecule has 2 amide bonds. The van der Waals surface area contributed by atoms with Gasteiger partial charge in [-0.1, -0.05) is 19.3 Å². The number of aromatic nitrogens is 1. The molecule has 1 spiro atoms. The van der Waals surface area contributed by atoms with Crippen molar-refractivity contribution in [2.75, 3.05) is 20.2 Å². The molecule has 1 atom stereocenters. The van der Waals surface area contributed by atoms with E-state index in [0.29, 0.717) is 6.54 Å². The van der Waals surface area contributed by atoms with Gasteiger partial charge in [0.15, 0.2) is 0 Å². The van der Waals surface area contributed by atoms with Gasteiger partial charge >= 0.3 is 6.03 Å².